The predicted molar refractivity (Wildman–Crippen MR) is 66.8 cm³/mol. The molecular formula is C13H18ClN. The normalized spacial score (nSPS) is 16.8. The van der Waals surface area contributed by atoms with Crippen molar-refractivity contribution in [1.29, 1.82) is 0 Å². The van der Waals surface area contributed by atoms with Crippen molar-refractivity contribution in [2.45, 2.75) is 32.1 Å². The molecule has 0 atom stereocenters. The molecule has 15 heavy (non-hydrogen) atoms. The molecule has 1 aliphatic rings. The van der Waals surface area contributed by atoms with Crippen molar-refractivity contribution in [1.82, 2.24) is 0 Å². The highest BCUT2D eigenvalue weighted by atomic mass is 35.5. The van der Waals surface area contributed by atoms with Crippen LogP contribution in [0.15, 0.2) is 18.2 Å². The lowest BCUT2D eigenvalue weighted by Crippen LogP contribution is -2.29. The Kier molecular flexibility index (Phi) is 3.53. The monoisotopic (exact) mass is 223 g/mol. The summed E-state index contributed by atoms with van der Waals surface area (Å²) in [6.45, 7) is 4.60. The number of rotatable bonds is 2. The van der Waals surface area contributed by atoms with Gasteiger partial charge in [-0.05, 0) is 43.4 Å². The van der Waals surface area contributed by atoms with Crippen LogP contribution in [-0.2, 0) is 5.88 Å². The quantitative estimate of drug-likeness (QED) is 0.691. The van der Waals surface area contributed by atoms with Crippen LogP contribution in [0.25, 0.3) is 0 Å². The van der Waals surface area contributed by atoms with Crippen LogP contribution in [0.1, 0.15) is 30.4 Å². The van der Waals surface area contributed by atoms with Gasteiger partial charge in [0.25, 0.3) is 0 Å². The third-order valence-corrected chi connectivity index (χ3v) is 3.42. The Morgan fingerprint density at radius 3 is 2.53 bits per heavy atom. The molecule has 1 nitrogen and oxygen atoms in total. The highest BCUT2D eigenvalue weighted by Crippen LogP contribution is 2.25. The van der Waals surface area contributed by atoms with Gasteiger partial charge in [-0.1, -0.05) is 12.1 Å². The van der Waals surface area contributed by atoms with Gasteiger partial charge in [-0.25, -0.2) is 0 Å². The number of piperidine rings is 1. The van der Waals surface area contributed by atoms with Crippen molar-refractivity contribution in [2.75, 3.05) is 18.0 Å². The van der Waals surface area contributed by atoms with Crippen LogP contribution in [0.2, 0.25) is 0 Å². The fourth-order valence-corrected chi connectivity index (χ4v) is 2.46. The summed E-state index contributed by atoms with van der Waals surface area (Å²) in [5.41, 5.74) is 3.97. The second-order valence-electron chi connectivity index (χ2n) is 4.30. The van der Waals surface area contributed by atoms with Gasteiger partial charge in [0.15, 0.2) is 0 Å². The fourth-order valence-electron chi connectivity index (χ4n) is 2.29. The first-order valence-electron chi connectivity index (χ1n) is 5.71. The van der Waals surface area contributed by atoms with Crippen LogP contribution in [-0.4, -0.2) is 13.1 Å². The van der Waals surface area contributed by atoms with Crippen molar-refractivity contribution in [3.63, 3.8) is 0 Å². The lowest BCUT2D eigenvalue weighted by atomic mass is 10.1. The zero-order chi connectivity index (χ0) is 10.7. The SMILES string of the molecule is Cc1cc(CCl)ccc1N1CCCCC1. The molecule has 1 saturated heterocycles. The third kappa shape index (κ3) is 2.46. The Morgan fingerprint density at radius 1 is 1.20 bits per heavy atom. The summed E-state index contributed by atoms with van der Waals surface area (Å²) < 4.78 is 0. The minimum absolute atomic E-state index is 0.612. The van der Waals surface area contributed by atoms with E-state index in [0.29, 0.717) is 5.88 Å². The first-order chi connectivity index (χ1) is 7.31. The van der Waals surface area contributed by atoms with Crippen LogP contribution >= 0.6 is 11.6 Å². The smallest absolute Gasteiger partial charge is 0.0474 e. The number of hydrogen-bond acceptors (Lipinski definition) is 1. The van der Waals surface area contributed by atoms with E-state index in [1.165, 1.54) is 49.2 Å². The lowest BCUT2D eigenvalue weighted by molar-refractivity contribution is 0.577. The molecule has 0 aromatic heterocycles. The van der Waals surface area contributed by atoms with E-state index in [0.717, 1.165) is 0 Å². The average Bonchev–Trinajstić information content (AvgIpc) is 2.30. The molecule has 0 N–H and O–H groups in total. The number of alkyl halides is 1. The van der Waals surface area contributed by atoms with Crippen LogP contribution in [0.5, 0.6) is 0 Å². The highest BCUT2D eigenvalue weighted by molar-refractivity contribution is 6.17. The average molecular weight is 224 g/mol. The number of hydrogen-bond donors (Lipinski definition) is 0. The zero-order valence-corrected chi connectivity index (χ0v) is 10.1. The number of nitrogens with zero attached hydrogens (tertiary/aromatic N) is 1. The number of benzene rings is 1. The van der Waals surface area contributed by atoms with Crippen molar-refractivity contribution in [2.24, 2.45) is 0 Å². The van der Waals surface area contributed by atoms with E-state index in [1.54, 1.807) is 0 Å². The molecule has 0 aliphatic carbocycles. The van der Waals surface area contributed by atoms with E-state index in [-0.39, 0.29) is 0 Å². The fraction of sp³-hybridized carbons (Fsp3) is 0.538. The Balaban J connectivity index is 2.19. The van der Waals surface area contributed by atoms with E-state index in [4.69, 9.17) is 11.6 Å². The first kappa shape index (κ1) is 10.8. The molecule has 1 aromatic rings. The van der Waals surface area contributed by atoms with Gasteiger partial charge in [-0.15, -0.1) is 11.6 Å². The molecule has 0 bridgehead atoms. The van der Waals surface area contributed by atoms with Gasteiger partial charge in [-0.3, -0.25) is 0 Å². The van der Waals surface area contributed by atoms with Gasteiger partial charge in [0.1, 0.15) is 0 Å². The number of halogens is 1. The van der Waals surface area contributed by atoms with Crippen LogP contribution in [0.4, 0.5) is 5.69 Å². The van der Waals surface area contributed by atoms with Crippen molar-refractivity contribution in [3.05, 3.63) is 29.3 Å². The largest absolute Gasteiger partial charge is 0.371 e. The van der Waals surface area contributed by atoms with Gasteiger partial charge in [0.05, 0.1) is 0 Å². The minimum atomic E-state index is 0.612. The van der Waals surface area contributed by atoms with Gasteiger partial charge >= 0.3 is 0 Å². The molecule has 82 valence electrons. The molecule has 1 heterocycles. The third-order valence-electron chi connectivity index (χ3n) is 3.11. The predicted octanol–water partition coefficient (Wildman–Crippen LogP) is 3.72. The molecule has 0 saturated carbocycles. The van der Waals surface area contributed by atoms with E-state index < -0.39 is 0 Å². The van der Waals surface area contributed by atoms with Crippen molar-refractivity contribution < 1.29 is 0 Å². The maximum absolute atomic E-state index is 5.82. The van der Waals surface area contributed by atoms with Gasteiger partial charge in [0, 0.05) is 24.7 Å². The maximum Gasteiger partial charge on any atom is 0.0474 e. The summed E-state index contributed by atoms with van der Waals surface area (Å²) in [5.74, 6) is 0.612. The molecule has 2 rings (SSSR count). The first-order valence-corrected chi connectivity index (χ1v) is 6.25. The Morgan fingerprint density at radius 2 is 1.93 bits per heavy atom. The van der Waals surface area contributed by atoms with E-state index >= 15 is 0 Å². The van der Waals surface area contributed by atoms with Crippen molar-refractivity contribution >= 4 is 17.3 Å². The topological polar surface area (TPSA) is 3.24 Å². The number of aryl methyl sites for hydroxylation is 1. The molecule has 1 aromatic carbocycles. The van der Waals surface area contributed by atoms with Crippen LogP contribution in [0.3, 0.4) is 0 Å². The summed E-state index contributed by atoms with van der Waals surface area (Å²) in [7, 11) is 0. The van der Waals surface area contributed by atoms with Crippen LogP contribution < -0.4 is 4.90 Å². The molecule has 1 aliphatic heterocycles. The van der Waals surface area contributed by atoms with E-state index in [1.807, 2.05) is 0 Å². The van der Waals surface area contributed by atoms with E-state index in [9.17, 15) is 0 Å². The van der Waals surface area contributed by atoms with Crippen LogP contribution in [0, 0.1) is 6.92 Å². The molecule has 2 heteroatoms. The van der Waals surface area contributed by atoms with Gasteiger partial charge < -0.3 is 4.90 Å². The summed E-state index contributed by atoms with van der Waals surface area (Å²) in [6.07, 6.45) is 4.04. The lowest BCUT2D eigenvalue weighted by Gasteiger charge is -2.30. The van der Waals surface area contributed by atoms with E-state index in [2.05, 4.69) is 30.0 Å². The standard InChI is InChI=1S/C13H18ClN/c1-11-9-12(10-14)5-6-13(11)15-7-3-2-4-8-15/h5-6,9H,2-4,7-8,10H2,1H3. The highest BCUT2D eigenvalue weighted by Gasteiger charge is 2.12. The second kappa shape index (κ2) is 4.89. The minimum Gasteiger partial charge on any atom is -0.371 e. The second-order valence-corrected chi connectivity index (χ2v) is 4.57. The molecule has 0 unspecified atom stereocenters. The molecule has 0 amide bonds. The Hall–Kier alpha value is -0.690. The summed E-state index contributed by atoms with van der Waals surface area (Å²) >= 11 is 5.82. The summed E-state index contributed by atoms with van der Waals surface area (Å²) in [5, 5.41) is 0. The summed E-state index contributed by atoms with van der Waals surface area (Å²) in [4.78, 5) is 2.50. The maximum atomic E-state index is 5.82. The van der Waals surface area contributed by atoms with Crippen molar-refractivity contribution in [3.8, 4) is 0 Å². The van der Waals surface area contributed by atoms with Gasteiger partial charge in [0.2, 0.25) is 0 Å². The Labute approximate surface area is 97.0 Å². The Bertz CT molecular complexity index is 329. The molecule has 1 fully saturated rings. The molecular weight excluding hydrogens is 206 g/mol. The van der Waals surface area contributed by atoms with Gasteiger partial charge in [-0.2, -0.15) is 0 Å². The summed E-state index contributed by atoms with van der Waals surface area (Å²) in [6, 6.07) is 6.57. The zero-order valence-electron chi connectivity index (χ0n) is 9.30. The molecule has 0 radical (unpaired) electrons. The number of anilines is 1. The molecule has 0 spiro atoms.